The first-order valence-corrected chi connectivity index (χ1v) is 25.0. The van der Waals surface area contributed by atoms with Gasteiger partial charge in [0, 0.05) is 21.9 Å². The van der Waals surface area contributed by atoms with Crippen molar-refractivity contribution in [1.29, 1.82) is 0 Å². The van der Waals surface area contributed by atoms with Gasteiger partial charge in [0.05, 0.1) is 60.5 Å². The van der Waals surface area contributed by atoms with Gasteiger partial charge in [-0.15, -0.1) is 10.2 Å². The summed E-state index contributed by atoms with van der Waals surface area (Å²) in [6.07, 6.45) is 4.22. The molecule has 2 aliphatic rings. The van der Waals surface area contributed by atoms with Crippen molar-refractivity contribution in [2.75, 3.05) is 22.3 Å². The van der Waals surface area contributed by atoms with Gasteiger partial charge in [0.2, 0.25) is 5.78 Å². The number of aliphatic carboxylic acids is 1. The predicted molar refractivity (Wildman–Crippen MR) is 263 cm³/mol. The molecule has 0 heterocycles. The van der Waals surface area contributed by atoms with E-state index in [1.54, 1.807) is 19.1 Å². The number of carbonyl (C=O) groups excluding carboxylic acids is 3. The number of azo groups is 2. The normalized spacial score (nSPS) is 14.5. The van der Waals surface area contributed by atoms with E-state index in [1.165, 1.54) is 42.5 Å². The molecule has 77 heavy (non-hydrogen) atoms. The molecule has 0 atom stereocenters. The van der Waals surface area contributed by atoms with Crippen LogP contribution in [0.25, 0.3) is 28.0 Å². The van der Waals surface area contributed by atoms with Crippen LogP contribution in [0, 0.1) is 13.8 Å². The molecule has 30 heteroatoms. The molecule has 0 fully saturated rings. The Morgan fingerprint density at radius 1 is 0.584 bits per heavy atom. The number of nitrogens with two attached hydrogens (primary N) is 2. The Labute approximate surface area is 527 Å². The number of nitrogens with one attached hydrogen (secondary N) is 2. The Morgan fingerprint density at radius 3 is 1.77 bits per heavy atom. The molecule has 0 amide bonds. The van der Waals surface area contributed by atoms with E-state index in [9.17, 15) is 58.4 Å². The smallest absolute Gasteiger partial charge is 0.744 e. The van der Waals surface area contributed by atoms with Crippen LogP contribution in [0.15, 0.2) is 166 Å². The maximum atomic E-state index is 13.9. The van der Waals surface area contributed by atoms with Crippen molar-refractivity contribution in [3.63, 3.8) is 0 Å². The fourth-order valence-corrected chi connectivity index (χ4v) is 9.42. The fourth-order valence-electron chi connectivity index (χ4n) is 7.47. The molecule has 2 aliphatic carbocycles. The Hall–Kier alpha value is -4.92. The van der Waals surface area contributed by atoms with Crippen molar-refractivity contribution in [3.8, 4) is 11.1 Å². The molecule has 0 saturated heterocycles. The third-order valence-electron chi connectivity index (χ3n) is 11.0. The van der Waals surface area contributed by atoms with Gasteiger partial charge in [0.1, 0.15) is 47.4 Å². The minimum absolute atomic E-state index is 0. The molecule has 6 aromatic carbocycles. The van der Waals surface area contributed by atoms with Gasteiger partial charge in [-0.1, -0.05) is 36.4 Å². The maximum absolute atomic E-state index is 13.9. The average Bonchev–Trinajstić information content (AvgIpc) is 3.31. The number of ketones is 2. The SMILES string of the molecule is Cc1cc(-c2ccc(N/N=C3/C=CC(=O)C(C(=O)[O-])=C3)c(C)c2)ccc1N=Nc1c(N)cc(N=Nc2cc3c(cc2S(=O)(=O)[O-])C=C(S(=O)(=O)[O-])/C(=N/Nc2ccc(S(=O)(=O)[O-])c4ccccc24)C3=O)cc1N.[Na+].[Na+].[Na+].[Na+]. The van der Waals surface area contributed by atoms with Crippen LogP contribution in [-0.4, -0.2) is 67.9 Å². The number of Topliss-reactive ketones (excluding diaryl/α,β-unsaturated/α-hetero) is 1. The third kappa shape index (κ3) is 14.7. The summed E-state index contributed by atoms with van der Waals surface area (Å²) in [6, 6.07) is 22.6. The number of nitrogen functional groups attached to an aromatic ring is 2. The second kappa shape index (κ2) is 25.9. The van der Waals surface area contributed by atoms with Crippen molar-refractivity contribution in [3.05, 3.63) is 148 Å². The standard InChI is InChI=1S/C47H36N10O13S3.4Na/c1-23-15-25(7-10-36(23)52-50-28-9-13-40(58)33(19-28)47(60)61)26-8-11-37(24(2)16-26)53-56-44-34(48)20-29(21-35(44)49)51-55-39-22-32-27(17-42(39)72(65,66)67)18-43(73(68,69)70)45(46(32)59)57-54-38-12-14-41(71(62,63)64)31-6-4-3-5-30(31)38;;;;/h3-22,52,54H,48-49H2,1-2H3,(H,60,61)(H,62,63,64)(H,65,66,67)(H,68,69,70);;;;/q;4*+1/p-4/b50-28-,55-51?,56-53?,57-45-;;;;. The second-order valence-electron chi connectivity index (χ2n) is 15.9. The molecule has 0 bridgehead atoms. The summed E-state index contributed by atoms with van der Waals surface area (Å²) >= 11 is 0. The Kier molecular flexibility index (Phi) is 21.7. The van der Waals surface area contributed by atoms with Crippen LogP contribution in [0.3, 0.4) is 0 Å². The summed E-state index contributed by atoms with van der Waals surface area (Å²) in [5.41, 5.74) is 19.1. The number of hydrogen-bond acceptors (Lipinski definition) is 23. The Morgan fingerprint density at radius 2 is 1.17 bits per heavy atom. The first-order valence-electron chi connectivity index (χ1n) is 20.8. The van der Waals surface area contributed by atoms with Crippen molar-refractivity contribution in [1.82, 2.24) is 0 Å². The van der Waals surface area contributed by atoms with E-state index in [1.807, 2.05) is 31.2 Å². The molecule has 0 saturated carbocycles. The van der Waals surface area contributed by atoms with Gasteiger partial charge in [0.25, 0.3) is 0 Å². The van der Waals surface area contributed by atoms with E-state index >= 15 is 0 Å². The minimum atomic E-state index is -5.52. The number of carbonyl (C=O) groups is 3. The number of aryl methyl sites for hydroxylation is 2. The molecule has 6 N–H and O–H groups in total. The quantitative estimate of drug-likeness (QED) is 0.0159. The zero-order valence-electron chi connectivity index (χ0n) is 41.4. The van der Waals surface area contributed by atoms with E-state index in [2.05, 4.69) is 41.5 Å². The van der Waals surface area contributed by atoms with E-state index in [4.69, 9.17) is 11.5 Å². The molecule has 0 aliphatic heterocycles. The van der Waals surface area contributed by atoms with Crippen molar-refractivity contribution in [2.24, 2.45) is 30.7 Å². The number of anilines is 4. The molecule has 23 nitrogen and oxygen atoms in total. The topological polar surface area (TPSA) is 396 Å². The first-order chi connectivity index (χ1) is 34.4. The molecule has 6 aromatic rings. The summed E-state index contributed by atoms with van der Waals surface area (Å²) < 4.78 is 110. The number of carboxylic acids is 1. The van der Waals surface area contributed by atoms with Gasteiger partial charge >= 0.3 is 118 Å². The number of allylic oxidation sites excluding steroid dienone is 4. The van der Waals surface area contributed by atoms with Crippen molar-refractivity contribution >= 4 is 122 Å². The fraction of sp³-hybridized carbons (Fsp3) is 0.0426. The summed E-state index contributed by atoms with van der Waals surface area (Å²) in [4.78, 5) is 34.1. The van der Waals surface area contributed by atoms with Crippen LogP contribution < -0.4 is 146 Å². The van der Waals surface area contributed by atoms with Gasteiger partial charge in [-0.05, 0) is 127 Å². The molecule has 0 unspecified atom stereocenters. The third-order valence-corrected chi connectivity index (χ3v) is 13.6. The number of carboxylic acid groups (broad SMARTS) is 1. The maximum Gasteiger partial charge on any atom is 1.00 e. The number of nitrogens with zero attached hydrogens (tertiary/aromatic N) is 6. The van der Waals surface area contributed by atoms with Crippen LogP contribution in [0.2, 0.25) is 0 Å². The largest absolute Gasteiger partial charge is 1.00 e. The summed E-state index contributed by atoms with van der Waals surface area (Å²) in [7, 11) is -15.9. The zero-order chi connectivity index (χ0) is 52.7. The first kappa shape index (κ1) is 64.6. The van der Waals surface area contributed by atoms with Crippen LogP contribution in [-0.2, 0) is 39.9 Å². The van der Waals surface area contributed by atoms with Crippen LogP contribution in [0.1, 0.15) is 27.0 Å². The van der Waals surface area contributed by atoms with E-state index in [0.29, 0.717) is 29.1 Å². The summed E-state index contributed by atoms with van der Waals surface area (Å²) in [6.45, 7) is 3.64. The van der Waals surface area contributed by atoms with Crippen molar-refractivity contribution < 1.29 is 177 Å². The Bertz CT molecular complexity index is 4010. The summed E-state index contributed by atoms with van der Waals surface area (Å²) in [5, 5.41) is 35.8. The number of hydrazone groups is 2. The van der Waals surface area contributed by atoms with Gasteiger partial charge < -0.3 is 35.0 Å². The molecular formula is C47H32N10Na4O13S3. The van der Waals surface area contributed by atoms with Crippen LogP contribution in [0.4, 0.5) is 45.5 Å². The van der Waals surface area contributed by atoms with E-state index in [0.717, 1.165) is 47.0 Å². The second-order valence-corrected chi connectivity index (χ2v) is 20.0. The monoisotopic (exact) mass is 1130 g/mol. The average molecular weight is 1130 g/mol. The van der Waals surface area contributed by atoms with Gasteiger partial charge in [-0.3, -0.25) is 20.4 Å². The molecule has 0 spiro atoms. The molecule has 370 valence electrons. The number of hydrogen-bond donors (Lipinski definition) is 4. The zero-order valence-corrected chi connectivity index (χ0v) is 51.9. The molecular weight excluding hydrogens is 1100 g/mol. The Balaban J connectivity index is 0.00000320. The number of fused-ring (bicyclic) bond motifs is 2. The van der Waals surface area contributed by atoms with Crippen LogP contribution in [0.5, 0.6) is 0 Å². The minimum Gasteiger partial charge on any atom is -0.744 e. The van der Waals surface area contributed by atoms with E-state index in [-0.39, 0.29) is 163 Å². The number of rotatable bonds is 13. The molecule has 0 radical (unpaired) electrons. The number of benzene rings is 6. The van der Waals surface area contributed by atoms with Gasteiger partial charge in [0.15, 0.2) is 5.78 Å². The molecule has 0 aromatic heterocycles. The van der Waals surface area contributed by atoms with Crippen molar-refractivity contribution in [2.45, 2.75) is 23.6 Å². The predicted octanol–water partition coefficient (Wildman–Crippen LogP) is -5.92. The molecule has 8 rings (SSSR count). The van der Waals surface area contributed by atoms with Gasteiger partial charge in [-0.2, -0.15) is 20.4 Å². The van der Waals surface area contributed by atoms with Gasteiger partial charge in [-0.25, -0.2) is 25.3 Å². The van der Waals surface area contributed by atoms with E-state index < -0.39 is 90.7 Å². The summed E-state index contributed by atoms with van der Waals surface area (Å²) in [5.74, 6) is -3.53. The van der Waals surface area contributed by atoms with Crippen LogP contribution >= 0.6 is 0 Å².